The first kappa shape index (κ1) is 14.1. The molecule has 0 bridgehead atoms. The van der Waals surface area contributed by atoms with Crippen LogP contribution in [0.15, 0.2) is 24.4 Å². The summed E-state index contributed by atoms with van der Waals surface area (Å²) in [6.45, 7) is 2.44. The van der Waals surface area contributed by atoms with E-state index in [0.29, 0.717) is 6.54 Å². The van der Waals surface area contributed by atoms with Crippen molar-refractivity contribution in [2.45, 2.75) is 13.5 Å². The van der Waals surface area contributed by atoms with Crippen LogP contribution in [0, 0.1) is 17.5 Å². The predicted molar refractivity (Wildman–Crippen MR) is 69.8 cm³/mol. The van der Waals surface area contributed by atoms with Gasteiger partial charge in [-0.05, 0) is 13.0 Å². The van der Waals surface area contributed by atoms with E-state index >= 15 is 0 Å². The normalized spacial score (nSPS) is 10.4. The average molecular weight is 282 g/mol. The summed E-state index contributed by atoms with van der Waals surface area (Å²) in [5.74, 6) is -1.77. The standard InChI is InChI=1S/C13H13F3N4/c1-2-17-13-19-7-11(16)12(20-13)18-6-8-3-4-9(14)5-10(8)15/h3-5,7H,2,6H2,1H3,(H2,17,18,19,20). The molecule has 0 aliphatic rings. The third kappa shape index (κ3) is 3.37. The third-order valence-electron chi connectivity index (χ3n) is 2.54. The van der Waals surface area contributed by atoms with Crippen molar-refractivity contribution in [2.75, 3.05) is 17.2 Å². The van der Waals surface area contributed by atoms with Crippen LogP contribution >= 0.6 is 0 Å². The Morgan fingerprint density at radius 3 is 2.60 bits per heavy atom. The smallest absolute Gasteiger partial charge is 0.224 e. The maximum Gasteiger partial charge on any atom is 0.224 e. The van der Waals surface area contributed by atoms with Crippen molar-refractivity contribution in [3.8, 4) is 0 Å². The molecular formula is C13H13F3N4. The monoisotopic (exact) mass is 282 g/mol. The minimum Gasteiger partial charge on any atom is -0.363 e. The van der Waals surface area contributed by atoms with Crippen LogP contribution in [0.5, 0.6) is 0 Å². The molecule has 0 unspecified atom stereocenters. The number of benzene rings is 1. The molecule has 2 N–H and O–H groups in total. The number of nitrogens with one attached hydrogen (secondary N) is 2. The Bertz CT molecular complexity index is 604. The molecule has 4 nitrogen and oxygen atoms in total. The highest BCUT2D eigenvalue weighted by Crippen LogP contribution is 2.15. The van der Waals surface area contributed by atoms with Crippen molar-refractivity contribution in [1.82, 2.24) is 9.97 Å². The predicted octanol–water partition coefficient (Wildman–Crippen LogP) is 2.94. The molecule has 1 aromatic carbocycles. The van der Waals surface area contributed by atoms with Crippen molar-refractivity contribution in [2.24, 2.45) is 0 Å². The van der Waals surface area contributed by atoms with E-state index in [1.54, 1.807) is 0 Å². The molecule has 20 heavy (non-hydrogen) atoms. The fourth-order valence-electron chi connectivity index (χ4n) is 1.58. The quantitative estimate of drug-likeness (QED) is 0.885. The molecule has 1 heterocycles. The topological polar surface area (TPSA) is 49.8 Å². The van der Waals surface area contributed by atoms with E-state index < -0.39 is 17.5 Å². The highest BCUT2D eigenvalue weighted by atomic mass is 19.1. The summed E-state index contributed by atoms with van der Waals surface area (Å²) < 4.78 is 39.7. The fraction of sp³-hybridized carbons (Fsp3) is 0.231. The number of rotatable bonds is 5. The molecule has 0 saturated carbocycles. The van der Waals surface area contributed by atoms with Gasteiger partial charge in [0, 0.05) is 24.7 Å². The van der Waals surface area contributed by atoms with Crippen molar-refractivity contribution in [3.63, 3.8) is 0 Å². The van der Waals surface area contributed by atoms with Gasteiger partial charge in [0.25, 0.3) is 0 Å². The molecule has 1 aromatic heterocycles. The van der Waals surface area contributed by atoms with Crippen LogP contribution in [0.1, 0.15) is 12.5 Å². The number of anilines is 2. The van der Waals surface area contributed by atoms with Gasteiger partial charge in [0.1, 0.15) is 11.6 Å². The lowest BCUT2D eigenvalue weighted by molar-refractivity contribution is 0.573. The summed E-state index contributed by atoms with van der Waals surface area (Å²) >= 11 is 0. The van der Waals surface area contributed by atoms with Gasteiger partial charge in [-0.3, -0.25) is 0 Å². The number of nitrogens with zero attached hydrogens (tertiary/aromatic N) is 2. The Morgan fingerprint density at radius 2 is 1.90 bits per heavy atom. The molecule has 2 aromatic rings. The van der Waals surface area contributed by atoms with E-state index in [9.17, 15) is 13.2 Å². The zero-order chi connectivity index (χ0) is 14.5. The Hall–Kier alpha value is -2.31. The van der Waals surface area contributed by atoms with E-state index in [0.717, 1.165) is 18.3 Å². The van der Waals surface area contributed by atoms with E-state index in [4.69, 9.17) is 0 Å². The Balaban J connectivity index is 2.11. The second-order valence-corrected chi connectivity index (χ2v) is 4.01. The van der Waals surface area contributed by atoms with E-state index in [1.807, 2.05) is 6.92 Å². The van der Waals surface area contributed by atoms with Crippen molar-refractivity contribution in [3.05, 3.63) is 47.4 Å². The maximum absolute atomic E-state index is 13.5. The third-order valence-corrected chi connectivity index (χ3v) is 2.54. The van der Waals surface area contributed by atoms with Gasteiger partial charge in [-0.2, -0.15) is 4.98 Å². The zero-order valence-electron chi connectivity index (χ0n) is 10.8. The molecule has 0 atom stereocenters. The Kier molecular flexibility index (Phi) is 4.39. The van der Waals surface area contributed by atoms with Gasteiger partial charge in [0.2, 0.25) is 5.95 Å². The highest BCUT2D eigenvalue weighted by Gasteiger charge is 2.08. The van der Waals surface area contributed by atoms with Gasteiger partial charge in [-0.15, -0.1) is 0 Å². The summed E-state index contributed by atoms with van der Waals surface area (Å²) in [6.07, 6.45) is 1.02. The first-order chi connectivity index (χ1) is 9.60. The summed E-state index contributed by atoms with van der Waals surface area (Å²) in [4.78, 5) is 7.67. The van der Waals surface area contributed by atoms with E-state index in [1.165, 1.54) is 6.07 Å². The number of hydrogen-bond donors (Lipinski definition) is 2. The maximum atomic E-state index is 13.5. The van der Waals surface area contributed by atoms with Crippen LogP contribution in [-0.4, -0.2) is 16.5 Å². The lowest BCUT2D eigenvalue weighted by Gasteiger charge is -2.09. The fourth-order valence-corrected chi connectivity index (χ4v) is 1.58. The summed E-state index contributed by atoms with van der Waals surface area (Å²) in [7, 11) is 0. The lowest BCUT2D eigenvalue weighted by Crippen LogP contribution is -2.09. The molecule has 106 valence electrons. The minimum absolute atomic E-state index is 0.00832. The van der Waals surface area contributed by atoms with Crippen LogP contribution in [-0.2, 0) is 6.54 Å². The van der Waals surface area contributed by atoms with Crippen LogP contribution in [0.25, 0.3) is 0 Å². The second-order valence-electron chi connectivity index (χ2n) is 4.01. The largest absolute Gasteiger partial charge is 0.363 e. The molecule has 0 fully saturated rings. The molecule has 7 heteroatoms. The van der Waals surface area contributed by atoms with Crippen LogP contribution in [0.4, 0.5) is 24.9 Å². The SMILES string of the molecule is CCNc1ncc(F)c(NCc2ccc(F)cc2F)n1. The van der Waals surface area contributed by atoms with Gasteiger partial charge >= 0.3 is 0 Å². The zero-order valence-corrected chi connectivity index (χ0v) is 10.8. The van der Waals surface area contributed by atoms with Crippen molar-refractivity contribution in [1.29, 1.82) is 0 Å². The molecular weight excluding hydrogens is 269 g/mol. The second kappa shape index (κ2) is 6.23. The van der Waals surface area contributed by atoms with E-state index in [-0.39, 0.29) is 23.9 Å². The molecule has 0 aliphatic heterocycles. The van der Waals surface area contributed by atoms with Gasteiger partial charge < -0.3 is 10.6 Å². The number of aromatic nitrogens is 2. The van der Waals surface area contributed by atoms with Gasteiger partial charge in [-0.1, -0.05) is 6.07 Å². The molecule has 0 radical (unpaired) electrons. The van der Waals surface area contributed by atoms with Crippen LogP contribution < -0.4 is 10.6 Å². The van der Waals surface area contributed by atoms with Crippen molar-refractivity contribution < 1.29 is 13.2 Å². The van der Waals surface area contributed by atoms with Crippen LogP contribution in [0.2, 0.25) is 0 Å². The lowest BCUT2D eigenvalue weighted by atomic mass is 10.2. The van der Waals surface area contributed by atoms with Gasteiger partial charge in [-0.25, -0.2) is 18.2 Å². The Labute approximate surface area is 114 Å². The van der Waals surface area contributed by atoms with Crippen LogP contribution in [0.3, 0.4) is 0 Å². The minimum atomic E-state index is -0.695. The number of halogens is 3. The Morgan fingerprint density at radius 1 is 1.10 bits per heavy atom. The van der Waals surface area contributed by atoms with Gasteiger partial charge in [0.15, 0.2) is 11.6 Å². The van der Waals surface area contributed by atoms with Crippen molar-refractivity contribution >= 4 is 11.8 Å². The average Bonchev–Trinajstić information content (AvgIpc) is 2.41. The summed E-state index contributed by atoms with van der Waals surface area (Å²) in [5.41, 5.74) is 0.217. The molecule has 0 amide bonds. The first-order valence-electron chi connectivity index (χ1n) is 6.04. The highest BCUT2D eigenvalue weighted by molar-refractivity contribution is 5.41. The number of hydrogen-bond acceptors (Lipinski definition) is 4. The molecule has 0 spiro atoms. The summed E-state index contributed by atoms with van der Waals surface area (Å²) in [5, 5.41) is 5.50. The van der Waals surface area contributed by atoms with Gasteiger partial charge in [0.05, 0.1) is 6.20 Å². The molecule has 2 rings (SSSR count). The first-order valence-corrected chi connectivity index (χ1v) is 6.04. The molecule has 0 aliphatic carbocycles. The summed E-state index contributed by atoms with van der Waals surface area (Å²) in [6, 6.07) is 3.21. The molecule has 0 saturated heterocycles. The van der Waals surface area contributed by atoms with E-state index in [2.05, 4.69) is 20.6 Å².